The van der Waals surface area contributed by atoms with Crippen LogP contribution in [-0.2, 0) is 16.6 Å². The SMILES string of the molecule is Cc1cc(C)c(S(=O)(=O)Nc2ccccc2)cc1CN. The summed E-state index contributed by atoms with van der Waals surface area (Å²) in [5.74, 6) is 0. The first-order valence-corrected chi connectivity index (χ1v) is 7.80. The van der Waals surface area contributed by atoms with Gasteiger partial charge in [-0.1, -0.05) is 24.3 Å². The summed E-state index contributed by atoms with van der Waals surface area (Å²) in [6, 6.07) is 12.3. The highest BCUT2D eigenvalue weighted by atomic mass is 32.2. The van der Waals surface area contributed by atoms with Gasteiger partial charge in [-0.3, -0.25) is 4.72 Å². The molecule has 2 aromatic rings. The summed E-state index contributed by atoms with van der Waals surface area (Å²) < 4.78 is 27.5. The molecule has 0 spiro atoms. The lowest BCUT2D eigenvalue weighted by Crippen LogP contribution is -2.15. The molecule has 2 rings (SSSR count). The van der Waals surface area contributed by atoms with E-state index in [-0.39, 0.29) is 4.90 Å². The molecule has 5 heteroatoms. The maximum Gasteiger partial charge on any atom is 0.262 e. The average Bonchev–Trinajstić information content (AvgIpc) is 2.39. The van der Waals surface area contributed by atoms with Crippen LogP contribution in [-0.4, -0.2) is 8.42 Å². The van der Waals surface area contributed by atoms with Crippen LogP contribution >= 0.6 is 0 Å². The minimum atomic E-state index is -3.60. The fourth-order valence-corrected chi connectivity index (χ4v) is 3.44. The molecule has 0 amide bonds. The molecule has 20 heavy (non-hydrogen) atoms. The Morgan fingerprint density at radius 3 is 2.30 bits per heavy atom. The van der Waals surface area contributed by atoms with E-state index in [1.54, 1.807) is 37.3 Å². The van der Waals surface area contributed by atoms with Crippen molar-refractivity contribution in [1.29, 1.82) is 0 Å². The molecule has 3 N–H and O–H groups in total. The van der Waals surface area contributed by atoms with Crippen LogP contribution in [0.25, 0.3) is 0 Å². The van der Waals surface area contributed by atoms with Gasteiger partial charge >= 0.3 is 0 Å². The standard InChI is InChI=1S/C15H18N2O2S/c1-11-8-12(2)15(9-13(11)10-16)20(18,19)17-14-6-4-3-5-7-14/h3-9,17H,10,16H2,1-2H3. The number of anilines is 1. The largest absolute Gasteiger partial charge is 0.326 e. The van der Waals surface area contributed by atoms with Crippen LogP contribution < -0.4 is 10.5 Å². The summed E-state index contributed by atoms with van der Waals surface area (Å²) in [7, 11) is -3.60. The number of aryl methyl sites for hydroxylation is 2. The van der Waals surface area contributed by atoms with Gasteiger partial charge in [0.05, 0.1) is 4.90 Å². The van der Waals surface area contributed by atoms with Gasteiger partial charge < -0.3 is 5.73 Å². The zero-order chi connectivity index (χ0) is 14.8. The van der Waals surface area contributed by atoms with Crippen molar-refractivity contribution in [3.63, 3.8) is 0 Å². The molecule has 2 aromatic carbocycles. The monoisotopic (exact) mass is 290 g/mol. The van der Waals surface area contributed by atoms with Gasteiger partial charge in [-0.05, 0) is 48.7 Å². The zero-order valence-electron chi connectivity index (χ0n) is 11.6. The van der Waals surface area contributed by atoms with E-state index >= 15 is 0 Å². The molecule has 0 heterocycles. The third-order valence-corrected chi connectivity index (χ3v) is 4.69. The Morgan fingerprint density at radius 1 is 1.05 bits per heavy atom. The highest BCUT2D eigenvalue weighted by Crippen LogP contribution is 2.22. The molecule has 0 atom stereocenters. The molecule has 0 fully saturated rings. The van der Waals surface area contributed by atoms with Crippen molar-refractivity contribution >= 4 is 15.7 Å². The Bertz CT molecular complexity index is 710. The van der Waals surface area contributed by atoms with E-state index in [1.807, 2.05) is 19.1 Å². The Morgan fingerprint density at radius 2 is 1.70 bits per heavy atom. The van der Waals surface area contributed by atoms with Crippen molar-refractivity contribution in [2.45, 2.75) is 25.3 Å². The molecule has 0 aliphatic carbocycles. The maximum atomic E-state index is 12.4. The third kappa shape index (κ3) is 3.00. The summed E-state index contributed by atoms with van der Waals surface area (Å²) in [6.07, 6.45) is 0. The van der Waals surface area contributed by atoms with Crippen molar-refractivity contribution in [2.75, 3.05) is 4.72 Å². The molecule has 106 valence electrons. The summed E-state index contributed by atoms with van der Waals surface area (Å²) in [4.78, 5) is 0.271. The summed E-state index contributed by atoms with van der Waals surface area (Å²) >= 11 is 0. The van der Waals surface area contributed by atoms with Gasteiger partial charge in [-0.25, -0.2) is 8.42 Å². The number of nitrogens with one attached hydrogen (secondary N) is 1. The van der Waals surface area contributed by atoms with E-state index in [0.717, 1.165) is 11.1 Å². The molecule has 0 aromatic heterocycles. The van der Waals surface area contributed by atoms with Crippen LogP contribution in [0.15, 0.2) is 47.4 Å². The number of nitrogens with two attached hydrogens (primary N) is 1. The minimum absolute atomic E-state index is 0.271. The second kappa shape index (κ2) is 5.64. The Labute approximate surface area is 119 Å². The first kappa shape index (κ1) is 14.6. The van der Waals surface area contributed by atoms with Gasteiger partial charge in [0.2, 0.25) is 0 Å². The van der Waals surface area contributed by atoms with Gasteiger partial charge in [0.15, 0.2) is 0 Å². The van der Waals surface area contributed by atoms with Gasteiger partial charge in [0, 0.05) is 12.2 Å². The first-order chi connectivity index (χ1) is 9.44. The topological polar surface area (TPSA) is 72.2 Å². The first-order valence-electron chi connectivity index (χ1n) is 6.32. The van der Waals surface area contributed by atoms with E-state index < -0.39 is 10.0 Å². The lowest BCUT2D eigenvalue weighted by molar-refractivity contribution is 0.600. The summed E-state index contributed by atoms with van der Waals surface area (Å²) in [6.45, 7) is 4.03. The van der Waals surface area contributed by atoms with Gasteiger partial charge in [0.1, 0.15) is 0 Å². The van der Waals surface area contributed by atoms with E-state index in [4.69, 9.17) is 5.73 Å². The van der Waals surface area contributed by atoms with Crippen LogP contribution in [0.5, 0.6) is 0 Å². The molecule has 0 saturated carbocycles. The predicted molar refractivity (Wildman–Crippen MR) is 81.1 cm³/mol. The number of para-hydroxylation sites is 1. The number of sulfonamides is 1. The minimum Gasteiger partial charge on any atom is -0.326 e. The lowest BCUT2D eigenvalue weighted by atomic mass is 10.1. The normalized spacial score (nSPS) is 11.3. The summed E-state index contributed by atoms with van der Waals surface area (Å²) in [5.41, 5.74) is 8.75. The second-order valence-electron chi connectivity index (χ2n) is 4.72. The van der Waals surface area contributed by atoms with Crippen molar-refractivity contribution in [3.8, 4) is 0 Å². The Hall–Kier alpha value is -1.85. The van der Waals surface area contributed by atoms with Crippen molar-refractivity contribution in [3.05, 3.63) is 59.2 Å². The third-order valence-electron chi connectivity index (χ3n) is 3.17. The second-order valence-corrected chi connectivity index (χ2v) is 6.37. The van der Waals surface area contributed by atoms with E-state index in [1.165, 1.54) is 0 Å². The molecule has 4 nitrogen and oxygen atoms in total. The fourth-order valence-electron chi connectivity index (χ4n) is 2.10. The Balaban J connectivity index is 2.44. The smallest absolute Gasteiger partial charge is 0.262 e. The van der Waals surface area contributed by atoms with Gasteiger partial charge in [-0.15, -0.1) is 0 Å². The van der Waals surface area contributed by atoms with Crippen LogP contribution in [0, 0.1) is 13.8 Å². The highest BCUT2D eigenvalue weighted by Gasteiger charge is 2.18. The van der Waals surface area contributed by atoms with Gasteiger partial charge in [-0.2, -0.15) is 0 Å². The molecule has 0 saturated heterocycles. The Kier molecular flexibility index (Phi) is 4.11. The molecule has 0 unspecified atom stereocenters. The fraction of sp³-hybridized carbons (Fsp3) is 0.200. The highest BCUT2D eigenvalue weighted by molar-refractivity contribution is 7.92. The lowest BCUT2D eigenvalue weighted by Gasteiger charge is -2.13. The van der Waals surface area contributed by atoms with E-state index in [9.17, 15) is 8.42 Å². The number of hydrogen-bond donors (Lipinski definition) is 2. The van der Waals surface area contributed by atoms with Crippen molar-refractivity contribution in [2.24, 2.45) is 5.73 Å². The molecule has 0 radical (unpaired) electrons. The molecular formula is C15H18N2O2S. The van der Waals surface area contributed by atoms with Crippen molar-refractivity contribution < 1.29 is 8.42 Å². The maximum absolute atomic E-state index is 12.4. The number of rotatable bonds is 4. The molecule has 0 aliphatic heterocycles. The van der Waals surface area contributed by atoms with E-state index in [0.29, 0.717) is 17.8 Å². The van der Waals surface area contributed by atoms with Crippen LogP contribution in [0.3, 0.4) is 0 Å². The number of hydrogen-bond acceptors (Lipinski definition) is 3. The van der Waals surface area contributed by atoms with Gasteiger partial charge in [0.25, 0.3) is 10.0 Å². The predicted octanol–water partition coefficient (Wildman–Crippen LogP) is 2.56. The summed E-state index contributed by atoms with van der Waals surface area (Å²) in [5, 5.41) is 0. The quantitative estimate of drug-likeness (QED) is 0.909. The zero-order valence-corrected chi connectivity index (χ0v) is 12.4. The van der Waals surface area contributed by atoms with Crippen molar-refractivity contribution in [1.82, 2.24) is 0 Å². The van der Waals surface area contributed by atoms with E-state index in [2.05, 4.69) is 4.72 Å². The van der Waals surface area contributed by atoms with Crippen LogP contribution in [0.4, 0.5) is 5.69 Å². The van der Waals surface area contributed by atoms with Crippen LogP contribution in [0.2, 0.25) is 0 Å². The molecule has 0 aliphatic rings. The average molecular weight is 290 g/mol. The molecule has 0 bridgehead atoms. The molecular weight excluding hydrogens is 272 g/mol. The number of benzene rings is 2. The van der Waals surface area contributed by atoms with Crippen LogP contribution in [0.1, 0.15) is 16.7 Å².